The van der Waals surface area contributed by atoms with Crippen molar-refractivity contribution >= 4 is 32.1 Å². The van der Waals surface area contributed by atoms with Gasteiger partial charge in [0.15, 0.2) is 0 Å². The van der Waals surface area contributed by atoms with E-state index in [0.29, 0.717) is 31.1 Å². The number of ether oxygens (including phenoxy) is 1. The Morgan fingerprint density at radius 3 is 2.39 bits per heavy atom. The second-order valence-corrected chi connectivity index (χ2v) is 10.9. The van der Waals surface area contributed by atoms with Crippen LogP contribution in [0.5, 0.6) is 5.75 Å². The second kappa shape index (κ2) is 9.23. The summed E-state index contributed by atoms with van der Waals surface area (Å²) in [6, 6.07) is 21.1. The zero-order valence-electron chi connectivity index (χ0n) is 18.3. The van der Waals surface area contributed by atoms with Gasteiger partial charge >= 0.3 is 0 Å². The van der Waals surface area contributed by atoms with Crippen LogP contribution in [0, 0.1) is 0 Å². The lowest BCUT2D eigenvalue weighted by atomic mass is 10.1. The van der Waals surface area contributed by atoms with Crippen LogP contribution >= 0.6 is 11.3 Å². The van der Waals surface area contributed by atoms with Gasteiger partial charge in [0.25, 0.3) is 0 Å². The van der Waals surface area contributed by atoms with E-state index in [1.54, 1.807) is 34.9 Å². The predicted molar refractivity (Wildman–Crippen MR) is 132 cm³/mol. The van der Waals surface area contributed by atoms with E-state index >= 15 is 0 Å². The third-order valence-corrected chi connectivity index (χ3v) is 8.71. The van der Waals surface area contributed by atoms with Gasteiger partial charge in [0, 0.05) is 37.1 Å². The number of benzene rings is 3. The van der Waals surface area contributed by atoms with Crippen LogP contribution in [0.1, 0.15) is 5.01 Å². The number of rotatable bonds is 6. The maximum atomic E-state index is 13.2. The third-order valence-electron chi connectivity index (χ3n) is 5.99. The average molecular weight is 480 g/mol. The maximum absolute atomic E-state index is 13.2. The standard InChI is InChI=1S/C25H25N3O3S2/c1-31-22-9-6-20(7-10-22)24-18-32-25(26-24)17-27-12-14-28(15-13-27)33(29,30)23-11-8-19-4-2-3-5-21(19)16-23/h2-11,16,18H,12-15,17H2,1H3. The van der Waals surface area contributed by atoms with Gasteiger partial charge in [-0.05, 0) is 47.2 Å². The van der Waals surface area contributed by atoms with Crippen LogP contribution in [0.3, 0.4) is 0 Å². The lowest BCUT2D eigenvalue weighted by molar-refractivity contribution is 0.181. The van der Waals surface area contributed by atoms with E-state index in [1.165, 1.54) is 0 Å². The van der Waals surface area contributed by atoms with Gasteiger partial charge in [0.2, 0.25) is 10.0 Å². The van der Waals surface area contributed by atoms with Crippen LogP contribution in [0.2, 0.25) is 0 Å². The number of thiazole rings is 1. The van der Waals surface area contributed by atoms with Gasteiger partial charge in [-0.1, -0.05) is 30.3 Å². The molecule has 0 aliphatic carbocycles. The van der Waals surface area contributed by atoms with Gasteiger partial charge in [-0.3, -0.25) is 4.90 Å². The Hall–Kier alpha value is -2.78. The second-order valence-electron chi connectivity index (χ2n) is 8.04. The highest BCUT2D eigenvalue weighted by Crippen LogP contribution is 2.26. The van der Waals surface area contributed by atoms with Crippen molar-refractivity contribution in [2.24, 2.45) is 0 Å². The normalized spacial score (nSPS) is 15.7. The van der Waals surface area contributed by atoms with Crippen molar-refractivity contribution in [3.63, 3.8) is 0 Å². The molecule has 170 valence electrons. The van der Waals surface area contributed by atoms with E-state index in [4.69, 9.17) is 9.72 Å². The Balaban J connectivity index is 1.22. The SMILES string of the molecule is COc1ccc(-c2csc(CN3CCN(S(=O)(=O)c4ccc5ccccc5c4)CC3)n2)cc1. The summed E-state index contributed by atoms with van der Waals surface area (Å²) in [7, 11) is -1.85. The molecule has 1 saturated heterocycles. The fourth-order valence-corrected chi connectivity index (χ4v) is 6.38. The Labute approximate surface area is 198 Å². The van der Waals surface area contributed by atoms with E-state index in [9.17, 15) is 8.42 Å². The van der Waals surface area contributed by atoms with Crippen LogP contribution < -0.4 is 4.74 Å². The van der Waals surface area contributed by atoms with Crippen LogP contribution in [0.4, 0.5) is 0 Å². The van der Waals surface area contributed by atoms with Gasteiger partial charge in [0.1, 0.15) is 10.8 Å². The van der Waals surface area contributed by atoms with Crippen molar-refractivity contribution < 1.29 is 13.2 Å². The molecule has 4 aromatic rings. The molecule has 0 bridgehead atoms. The molecule has 1 aliphatic heterocycles. The van der Waals surface area contributed by atoms with Crippen molar-refractivity contribution in [1.82, 2.24) is 14.2 Å². The van der Waals surface area contributed by atoms with E-state index in [1.807, 2.05) is 54.6 Å². The minimum absolute atomic E-state index is 0.360. The molecule has 0 N–H and O–H groups in total. The van der Waals surface area contributed by atoms with Gasteiger partial charge < -0.3 is 4.74 Å². The summed E-state index contributed by atoms with van der Waals surface area (Å²) in [6.45, 7) is 3.05. The molecule has 0 unspecified atom stereocenters. The molecule has 0 radical (unpaired) electrons. The number of sulfonamides is 1. The summed E-state index contributed by atoms with van der Waals surface area (Å²) in [6.07, 6.45) is 0. The first-order valence-corrected chi connectivity index (χ1v) is 13.1. The number of fused-ring (bicyclic) bond motifs is 1. The lowest BCUT2D eigenvalue weighted by Crippen LogP contribution is -2.48. The molecule has 1 fully saturated rings. The molecular weight excluding hydrogens is 454 g/mol. The third kappa shape index (κ3) is 4.65. The van der Waals surface area contributed by atoms with Gasteiger partial charge in [-0.2, -0.15) is 4.31 Å². The van der Waals surface area contributed by atoms with Crippen LogP contribution in [0.25, 0.3) is 22.0 Å². The van der Waals surface area contributed by atoms with Gasteiger partial charge in [0.05, 0.1) is 24.2 Å². The monoisotopic (exact) mass is 479 g/mol. The smallest absolute Gasteiger partial charge is 0.243 e. The molecule has 0 amide bonds. The molecule has 1 aliphatic rings. The number of hydrogen-bond donors (Lipinski definition) is 0. The number of methoxy groups -OCH3 is 1. The summed E-state index contributed by atoms with van der Waals surface area (Å²) in [5, 5.41) is 5.08. The predicted octanol–water partition coefficient (Wildman–Crippen LogP) is 4.48. The highest BCUT2D eigenvalue weighted by molar-refractivity contribution is 7.89. The summed E-state index contributed by atoms with van der Waals surface area (Å²) in [5.74, 6) is 0.825. The van der Waals surface area contributed by atoms with Crippen molar-refractivity contribution in [1.29, 1.82) is 0 Å². The molecule has 0 atom stereocenters. The molecule has 1 aromatic heterocycles. The summed E-state index contributed by atoms with van der Waals surface area (Å²) < 4.78 is 33.2. The number of piperazine rings is 1. The molecule has 6 nitrogen and oxygen atoms in total. The fraction of sp³-hybridized carbons (Fsp3) is 0.240. The summed E-state index contributed by atoms with van der Waals surface area (Å²) in [4.78, 5) is 7.41. The molecule has 2 heterocycles. The average Bonchev–Trinajstić information content (AvgIpc) is 3.32. The lowest BCUT2D eigenvalue weighted by Gasteiger charge is -2.33. The fourth-order valence-electron chi connectivity index (χ4n) is 4.07. The minimum atomic E-state index is -3.50. The Kier molecular flexibility index (Phi) is 6.16. The zero-order chi connectivity index (χ0) is 22.8. The van der Waals surface area contributed by atoms with Crippen LogP contribution in [-0.2, 0) is 16.6 Å². The molecule has 0 saturated carbocycles. The van der Waals surface area contributed by atoms with E-state index in [-0.39, 0.29) is 0 Å². The topological polar surface area (TPSA) is 62.7 Å². The first-order chi connectivity index (χ1) is 16.0. The van der Waals surface area contributed by atoms with Crippen LogP contribution in [-0.4, -0.2) is 55.9 Å². The van der Waals surface area contributed by atoms with Crippen molar-refractivity contribution in [3.05, 3.63) is 77.1 Å². The quantitative estimate of drug-likeness (QED) is 0.408. The Morgan fingerprint density at radius 2 is 1.67 bits per heavy atom. The molecule has 33 heavy (non-hydrogen) atoms. The molecular formula is C25H25N3O3S2. The zero-order valence-corrected chi connectivity index (χ0v) is 20.0. The molecule has 3 aromatic carbocycles. The van der Waals surface area contributed by atoms with E-state index in [2.05, 4.69) is 10.3 Å². The number of hydrogen-bond acceptors (Lipinski definition) is 6. The van der Waals surface area contributed by atoms with E-state index < -0.39 is 10.0 Å². The van der Waals surface area contributed by atoms with E-state index in [0.717, 1.165) is 39.3 Å². The van der Waals surface area contributed by atoms with Crippen molar-refractivity contribution in [3.8, 4) is 17.0 Å². The molecule has 8 heteroatoms. The van der Waals surface area contributed by atoms with Crippen LogP contribution in [0.15, 0.2) is 77.0 Å². The number of aromatic nitrogens is 1. The minimum Gasteiger partial charge on any atom is -0.497 e. The largest absolute Gasteiger partial charge is 0.497 e. The highest BCUT2D eigenvalue weighted by atomic mass is 32.2. The highest BCUT2D eigenvalue weighted by Gasteiger charge is 2.29. The summed E-state index contributed by atoms with van der Waals surface area (Å²) >= 11 is 1.64. The first-order valence-electron chi connectivity index (χ1n) is 10.8. The molecule has 5 rings (SSSR count). The van der Waals surface area contributed by atoms with Gasteiger partial charge in [-0.15, -0.1) is 11.3 Å². The van der Waals surface area contributed by atoms with Gasteiger partial charge in [-0.25, -0.2) is 13.4 Å². The van der Waals surface area contributed by atoms with Crippen molar-refractivity contribution in [2.45, 2.75) is 11.4 Å². The number of nitrogens with zero attached hydrogens (tertiary/aromatic N) is 3. The maximum Gasteiger partial charge on any atom is 0.243 e. The van der Waals surface area contributed by atoms with Crippen molar-refractivity contribution in [2.75, 3.05) is 33.3 Å². The first kappa shape index (κ1) is 22.0. The summed E-state index contributed by atoms with van der Waals surface area (Å²) in [5.41, 5.74) is 2.01. The Bertz CT molecular complexity index is 1360. The Morgan fingerprint density at radius 1 is 0.939 bits per heavy atom. The molecule has 0 spiro atoms.